The van der Waals surface area contributed by atoms with Gasteiger partial charge in [-0.15, -0.1) is 0 Å². The second-order valence-electron chi connectivity index (χ2n) is 9.21. The summed E-state index contributed by atoms with van der Waals surface area (Å²) in [5, 5.41) is 8.48. The molecule has 4 atom stereocenters. The molecule has 1 aromatic heterocycles. The van der Waals surface area contributed by atoms with Crippen LogP contribution in [0.1, 0.15) is 44.6 Å². The third-order valence-electron chi connectivity index (χ3n) is 6.13. The number of amides is 5. The van der Waals surface area contributed by atoms with Gasteiger partial charge in [0.1, 0.15) is 18.1 Å². The molecule has 13 heteroatoms. The highest BCUT2D eigenvalue weighted by Gasteiger charge is 2.28. The molecule has 1 heterocycles. The number of rotatable bonds is 16. The van der Waals surface area contributed by atoms with Crippen molar-refractivity contribution in [1.29, 1.82) is 0 Å². The molecule has 2 aromatic rings. The molecule has 0 saturated carbocycles. The van der Waals surface area contributed by atoms with E-state index in [-0.39, 0.29) is 19.3 Å². The lowest BCUT2D eigenvalue weighted by atomic mass is 10.0. The summed E-state index contributed by atoms with van der Waals surface area (Å²) >= 11 is 0. The summed E-state index contributed by atoms with van der Waals surface area (Å²) in [6, 6.07) is 3.36. The van der Waals surface area contributed by atoms with E-state index in [2.05, 4.69) is 20.9 Å². The Bertz CT molecular complexity index is 1130. The fraction of sp³-hybridized carbons (Fsp3) is 0.480. The van der Waals surface area contributed by atoms with Gasteiger partial charge < -0.3 is 43.9 Å². The highest BCUT2D eigenvalue weighted by Crippen LogP contribution is 2.19. The molecule has 208 valence electrons. The molecule has 0 saturated heterocycles. The van der Waals surface area contributed by atoms with E-state index in [1.165, 1.54) is 6.92 Å². The van der Waals surface area contributed by atoms with Crippen molar-refractivity contribution in [3.63, 3.8) is 0 Å². The van der Waals surface area contributed by atoms with Gasteiger partial charge in [0.15, 0.2) is 0 Å². The summed E-state index contributed by atoms with van der Waals surface area (Å²) in [6.07, 6.45) is 3.34. The topological polar surface area (TPSA) is 241 Å². The van der Waals surface area contributed by atoms with Crippen molar-refractivity contribution in [2.75, 3.05) is 6.54 Å². The lowest BCUT2D eigenvalue weighted by Gasteiger charge is -2.23. The van der Waals surface area contributed by atoms with E-state index in [9.17, 15) is 24.0 Å². The Hall–Kier alpha value is -3.97. The summed E-state index contributed by atoms with van der Waals surface area (Å²) in [5.74, 6) is -3.32. The minimum Gasteiger partial charge on any atom is -0.370 e. The van der Waals surface area contributed by atoms with Gasteiger partial charge in [-0.3, -0.25) is 24.0 Å². The zero-order valence-corrected chi connectivity index (χ0v) is 21.5. The van der Waals surface area contributed by atoms with Crippen molar-refractivity contribution >= 4 is 40.4 Å². The third-order valence-corrected chi connectivity index (χ3v) is 6.13. The fourth-order valence-corrected chi connectivity index (χ4v) is 3.89. The minimum absolute atomic E-state index is 0.0821. The summed E-state index contributed by atoms with van der Waals surface area (Å²) in [4.78, 5) is 64.7. The van der Waals surface area contributed by atoms with E-state index in [0.29, 0.717) is 25.8 Å². The number of aromatic nitrogens is 1. The Morgan fingerprint density at radius 1 is 0.895 bits per heavy atom. The zero-order chi connectivity index (χ0) is 28.2. The molecule has 0 unspecified atom stereocenters. The van der Waals surface area contributed by atoms with E-state index in [1.807, 2.05) is 24.3 Å². The van der Waals surface area contributed by atoms with Crippen LogP contribution in [0.4, 0.5) is 0 Å². The van der Waals surface area contributed by atoms with Gasteiger partial charge in [0.2, 0.25) is 29.5 Å². The van der Waals surface area contributed by atoms with Crippen LogP contribution in [0.2, 0.25) is 0 Å². The fourth-order valence-electron chi connectivity index (χ4n) is 3.89. The monoisotopic (exact) mass is 530 g/mol. The van der Waals surface area contributed by atoms with Crippen molar-refractivity contribution in [2.24, 2.45) is 22.9 Å². The first kappa shape index (κ1) is 30.3. The molecule has 13 nitrogen and oxygen atoms in total. The first-order valence-electron chi connectivity index (χ1n) is 12.5. The zero-order valence-electron chi connectivity index (χ0n) is 21.5. The highest BCUT2D eigenvalue weighted by atomic mass is 16.2. The molecule has 0 aliphatic carbocycles. The molecular weight excluding hydrogens is 492 g/mol. The van der Waals surface area contributed by atoms with Crippen molar-refractivity contribution in [3.05, 3.63) is 36.0 Å². The Morgan fingerprint density at radius 3 is 2.24 bits per heavy atom. The van der Waals surface area contributed by atoms with Crippen molar-refractivity contribution in [1.82, 2.24) is 20.9 Å². The first-order valence-corrected chi connectivity index (χ1v) is 12.5. The number of carbonyl (C=O) groups is 5. The molecule has 12 N–H and O–H groups in total. The largest absolute Gasteiger partial charge is 0.370 e. The quantitative estimate of drug-likeness (QED) is 0.118. The Balaban J connectivity index is 2.02. The maximum Gasteiger partial charge on any atom is 0.243 e. The number of hydrogen-bond acceptors (Lipinski definition) is 7. The first-order chi connectivity index (χ1) is 18.0. The van der Waals surface area contributed by atoms with Gasteiger partial charge in [-0.1, -0.05) is 24.6 Å². The predicted molar refractivity (Wildman–Crippen MR) is 142 cm³/mol. The SMILES string of the molecule is C[C@H](NC(=O)[C@H](CCC(N)=O)NC(=O)[C@@H](N)CCCCN)C(=O)N[C@@H](Cc1c[nH]c2ccccc12)C(N)=O. The molecule has 0 radical (unpaired) electrons. The van der Waals surface area contributed by atoms with Crippen LogP contribution in [0.5, 0.6) is 0 Å². The van der Waals surface area contributed by atoms with Crippen LogP contribution < -0.4 is 38.9 Å². The molecule has 1 aromatic carbocycles. The minimum atomic E-state index is -1.15. The lowest BCUT2D eigenvalue weighted by molar-refractivity contribution is -0.133. The summed E-state index contributed by atoms with van der Waals surface area (Å²) in [7, 11) is 0. The van der Waals surface area contributed by atoms with Crippen LogP contribution in [0.3, 0.4) is 0 Å². The molecule has 5 amide bonds. The van der Waals surface area contributed by atoms with E-state index in [1.54, 1.807) is 6.20 Å². The molecule has 0 bridgehead atoms. The number of para-hydroxylation sites is 1. The van der Waals surface area contributed by atoms with Crippen molar-refractivity contribution < 1.29 is 24.0 Å². The number of aromatic amines is 1. The average molecular weight is 531 g/mol. The molecule has 2 rings (SSSR count). The standard InChI is InChI=1S/C25H38N8O5/c1-14(23(36)33-20(22(29)35)12-15-13-30-18-8-3-2-6-16(15)18)31-25(38)19(9-10-21(28)34)32-24(37)17(27)7-4-5-11-26/h2-3,6,8,13-14,17,19-20,30H,4-5,7,9-12,26-27H2,1H3,(H2,28,34)(H2,29,35)(H,31,38)(H,32,37)(H,33,36)/t14-,17-,19-,20-/m0/s1. The van der Waals surface area contributed by atoms with Gasteiger partial charge in [-0.05, 0) is 44.4 Å². The number of fused-ring (bicyclic) bond motifs is 1. The number of hydrogen-bond donors (Lipinski definition) is 8. The summed E-state index contributed by atoms with van der Waals surface area (Å²) in [5.41, 5.74) is 23.8. The normalized spacial score (nSPS) is 14.2. The number of unbranched alkanes of at least 4 members (excludes halogenated alkanes) is 1. The van der Waals surface area contributed by atoms with E-state index in [0.717, 1.165) is 16.5 Å². The van der Waals surface area contributed by atoms with Crippen molar-refractivity contribution in [2.45, 2.75) is 69.6 Å². The second kappa shape index (κ2) is 14.7. The van der Waals surface area contributed by atoms with Crippen LogP contribution in [-0.4, -0.2) is 65.2 Å². The highest BCUT2D eigenvalue weighted by molar-refractivity contribution is 5.95. The van der Waals surface area contributed by atoms with Gasteiger partial charge in [0.25, 0.3) is 0 Å². The Morgan fingerprint density at radius 2 is 1.58 bits per heavy atom. The van der Waals surface area contributed by atoms with Gasteiger partial charge in [0, 0.05) is 29.9 Å². The van der Waals surface area contributed by atoms with E-state index >= 15 is 0 Å². The molecule has 0 spiro atoms. The average Bonchev–Trinajstić information content (AvgIpc) is 3.28. The summed E-state index contributed by atoms with van der Waals surface area (Å²) < 4.78 is 0. The van der Waals surface area contributed by atoms with Gasteiger partial charge in [0.05, 0.1) is 6.04 Å². The van der Waals surface area contributed by atoms with Crippen LogP contribution in [0.25, 0.3) is 10.9 Å². The Kier molecular flexibility index (Phi) is 11.7. The van der Waals surface area contributed by atoms with Crippen LogP contribution >= 0.6 is 0 Å². The van der Waals surface area contributed by atoms with E-state index in [4.69, 9.17) is 22.9 Å². The number of benzene rings is 1. The smallest absolute Gasteiger partial charge is 0.243 e. The summed E-state index contributed by atoms with van der Waals surface area (Å²) in [6.45, 7) is 1.89. The maximum absolute atomic E-state index is 12.9. The number of carbonyl (C=O) groups excluding carboxylic acids is 5. The van der Waals surface area contributed by atoms with Gasteiger partial charge in [-0.25, -0.2) is 0 Å². The third kappa shape index (κ3) is 9.16. The van der Waals surface area contributed by atoms with Gasteiger partial charge >= 0.3 is 0 Å². The van der Waals surface area contributed by atoms with Crippen LogP contribution in [0.15, 0.2) is 30.5 Å². The van der Waals surface area contributed by atoms with Crippen LogP contribution in [0, 0.1) is 0 Å². The predicted octanol–water partition coefficient (Wildman–Crippen LogP) is -1.61. The number of nitrogens with one attached hydrogen (secondary N) is 4. The number of H-pyrrole nitrogens is 1. The molecular formula is C25H38N8O5. The Labute approximate surface area is 220 Å². The van der Waals surface area contributed by atoms with Crippen molar-refractivity contribution in [3.8, 4) is 0 Å². The maximum atomic E-state index is 12.9. The second-order valence-corrected chi connectivity index (χ2v) is 9.21. The van der Waals surface area contributed by atoms with Crippen LogP contribution in [-0.2, 0) is 30.4 Å². The lowest BCUT2D eigenvalue weighted by Crippen LogP contribution is -2.57. The number of nitrogens with two attached hydrogens (primary N) is 4. The number of primary amides is 2. The molecule has 0 aliphatic heterocycles. The molecule has 0 fully saturated rings. The molecule has 38 heavy (non-hydrogen) atoms. The van der Waals surface area contributed by atoms with E-state index < -0.39 is 53.7 Å². The molecule has 0 aliphatic rings. The van der Waals surface area contributed by atoms with Gasteiger partial charge in [-0.2, -0.15) is 0 Å².